The van der Waals surface area contributed by atoms with E-state index in [9.17, 15) is 0 Å². The van der Waals surface area contributed by atoms with E-state index in [1.807, 2.05) is 0 Å². The van der Waals surface area contributed by atoms with Gasteiger partial charge in [0.2, 0.25) is 0 Å². The summed E-state index contributed by atoms with van der Waals surface area (Å²) in [6.45, 7) is 11.9. The number of hydrogen-bond acceptors (Lipinski definition) is 1. The van der Waals surface area contributed by atoms with Crippen LogP contribution in [0.15, 0.2) is 0 Å². The van der Waals surface area contributed by atoms with E-state index in [-0.39, 0.29) is 0 Å². The van der Waals surface area contributed by atoms with Crippen LogP contribution in [0.1, 0.15) is 47.5 Å². The van der Waals surface area contributed by atoms with Gasteiger partial charge >= 0.3 is 0 Å². The first-order valence-electron chi connectivity index (χ1n) is 5.64. The van der Waals surface area contributed by atoms with Gasteiger partial charge in [-0.05, 0) is 36.0 Å². The lowest BCUT2D eigenvalue weighted by Gasteiger charge is -2.50. The van der Waals surface area contributed by atoms with Gasteiger partial charge in [-0.2, -0.15) is 0 Å². The van der Waals surface area contributed by atoms with Crippen molar-refractivity contribution in [3.63, 3.8) is 0 Å². The van der Waals surface area contributed by atoms with Crippen molar-refractivity contribution in [2.24, 2.45) is 28.9 Å². The molecule has 0 aromatic carbocycles. The second kappa shape index (κ2) is 3.61. The molecule has 0 spiro atoms. The van der Waals surface area contributed by atoms with Crippen LogP contribution in [0.3, 0.4) is 0 Å². The molecule has 1 heteroatoms. The van der Waals surface area contributed by atoms with E-state index >= 15 is 0 Å². The first-order chi connectivity index (χ1) is 5.89. The van der Waals surface area contributed by atoms with Gasteiger partial charge in [0.15, 0.2) is 0 Å². The van der Waals surface area contributed by atoms with E-state index in [0.717, 1.165) is 17.8 Å². The summed E-state index contributed by atoms with van der Waals surface area (Å²) in [6, 6.07) is 0.442. The van der Waals surface area contributed by atoms with Crippen LogP contribution >= 0.6 is 0 Å². The Morgan fingerprint density at radius 1 is 1.15 bits per heavy atom. The Labute approximate surface area is 83.1 Å². The van der Waals surface area contributed by atoms with Crippen LogP contribution in [0.5, 0.6) is 0 Å². The molecule has 1 aliphatic carbocycles. The summed E-state index contributed by atoms with van der Waals surface area (Å²) in [5, 5.41) is 0. The number of rotatable bonds is 1. The molecule has 2 atom stereocenters. The third-order valence-corrected chi connectivity index (χ3v) is 4.68. The zero-order valence-electron chi connectivity index (χ0n) is 9.80. The highest BCUT2D eigenvalue weighted by Gasteiger charge is 2.43. The summed E-state index contributed by atoms with van der Waals surface area (Å²) in [5.74, 6) is 2.31. The minimum absolute atomic E-state index is 0.442. The van der Waals surface area contributed by atoms with E-state index in [2.05, 4.69) is 34.6 Å². The summed E-state index contributed by atoms with van der Waals surface area (Å²) in [4.78, 5) is 0. The standard InChI is InChI=1S/C12H25N/c1-8(2)12(5)9(3)6-11(13)7-10(12)4/h8-11H,6-7,13H2,1-5H3. The molecule has 0 radical (unpaired) electrons. The van der Waals surface area contributed by atoms with E-state index in [1.165, 1.54) is 12.8 Å². The minimum Gasteiger partial charge on any atom is -0.328 e. The van der Waals surface area contributed by atoms with Gasteiger partial charge in [0.25, 0.3) is 0 Å². The van der Waals surface area contributed by atoms with Gasteiger partial charge in [-0.25, -0.2) is 0 Å². The molecule has 1 fully saturated rings. The average molecular weight is 183 g/mol. The van der Waals surface area contributed by atoms with Crippen LogP contribution in [0.4, 0.5) is 0 Å². The Kier molecular flexibility index (Phi) is 3.06. The van der Waals surface area contributed by atoms with Crippen LogP contribution < -0.4 is 5.73 Å². The van der Waals surface area contributed by atoms with Gasteiger partial charge < -0.3 is 5.73 Å². The molecule has 1 rings (SSSR count). The van der Waals surface area contributed by atoms with E-state index in [0.29, 0.717) is 11.5 Å². The number of hydrogen-bond donors (Lipinski definition) is 1. The van der Waals surface area contributed by atoms with Crippen molar-refractivity contribution in [1.82, 2.24) is 0 Å². The molecule has 0 bridgehead atoms. The Morgan fingerprint density at radius 3 is 1.85 bits per heavy atom. The van der Waals surface area contributed by atoms with Gasteiger partial charge in [0.1, 0.15) is 0 Å². The normalized spacial score (nSPS) is 46.8. The highest BCUT2D eigenvalue weighted by molar-refractivity contribution is 4.94. The molecule has 1 nitrogen and oxygen atoms in total. The van der Waals surface area contributed by atoms with Gasteiger partial charge in [-0.3, -0.25) is 0 Å². The van der Waals surface area contributed by atoms with Crippen LogP contribution in [-0.4, -0.2) is 6.04 Å². The summed E-state index contributed by atoms with van der Waals surface area (Å²) in [6.07, 6.45) is 2.41. The SMILES string of the molecule is CC(C)C1(C)C(C)CC(N)CC1C. The van der Waals surface area contributed by atoms with Gasteiger partial charge in [-0.15, -0.1) is 0 Å². The zero-order valence-corrected chi connectivity index (χ0v) is 9.80. The van der Waals surface area contributed by atoms with Gasteiger partial charge in [-0.1, -0.05) is 34.6 Å². The predicted octanol–water partition coefficient (Wildman–Crippen LogP) is 3.04. The number of nitrogens with two attached hydrogens (primary N) is 1. The van der Waals surface area contributed by atoms with Crippen molar-refractivity contribution in [2.75, 3.05) is 0 Å². The molecular formula is C12H25N. The maximum absolute atomic E-state index is 6.04. The van der Waals surface area contributed by atoms with Crippen LogP contribution in [-0.2, 0) is 0 Å². The largest absolute Gasteiger partial charge is 0.328 e. The molecule has 1 saturated carbocycles. The second-order valence-electron chi connectivity index (χ2n) is 5.55. The van der Waals surface area contributed by atoms with Crippen molar-refractivity contribution >= 4 is 0 Å². The van der Waals surface area contributed by atoms with Crippen LogP contribution in [0.25, 0.3) is 0 Å². The summed E-state index contributed by atoms with van der Waals surface area (Å²) < 4.78 is 0. The topological polar surface area (TPSA) is 26.0 Å². The Hall–Kier alpha value is -0.0400. The first kappa shape index (κ1) is 11.0. The summed E-state index contributed by atoms with van der Waals surface area (Å²) in [5.41, 5.74) is 6.53. The fourth-order valence-corrected chi connectivity index (χ4v) is 3.14. The molecule has 0 saturated heterocycles. The molecule has 2 unspecified atom stereocenters. The zero-order chi connectivity index (χ0) is 10.2. The Morgan fingerprint density at radius 2 is 1.54 bits per heavy atom. The first-order valence-corrected chi connectivity index (χ1v) is 5.64. The third kappa shape index (κ3) is 1.76. The quantitative estimate of drug-likeness (QED) is 0.664. The summed E-state index contributed by atoms with van der Waals surface area (Å²) in [7, 11) is 0. The van der Waals surface area contributed by atoms with E-state index in [1.54, 1.807) is 0 Å². The molecule has 78 valence electrons. The predicted molar refractivity (Wildman–Crippen MR) is 58.5 cm³/mol. The van der Waals surface area contributed by atoms with Crippen molar-refractivity contribution in [2.45, 2.75) is 53.5 Å². The maximum Gasteiger partial charge on any atom is 0.00443 e. The monoisotopic (exact) mass is 183 g/mol. The molecule has 1 aliphatic rings. The van der Waals surface area contributed by atoms with Crippen LogP contribution in [0, 0.1) is 23.2 Å². The van der Waals surface area contributed by atoms with E-state index < -0.39 is 0 Å². The third-order valence-electron chi connectivity index (χ3n) is 4.68. The minimum atomic E-state index is 0.442. The molecule has 13 heavy (non-hydrogen) atoms. The van der Waals surface area contributed by atoms with Crippen molar-refractivity contribution in [1.29, 1.82) is 0 Å². The molecule has 0 amide bonds. The van der Waals surface area contributed by atoms with Crippen molar-refractivity contribution in [3.05, 3.63) is 0 Å². The van der Waals surface area contributed by atoms with Crippen LogP contribution in [0.2, 0.25) is 0 Å². The van der Waals surface area contributed by atoms with Gasteiger partial charge in [0, 0.05) is 6.04 Å². The maximum atomic E-state index is 6.04. The Balaban J connectivity index is 2.83. The molecular weight excluding hydrogens is 158 g/mol. The van der Waals surface area contributed by atoms with E-state index in [4.69, 9.17) is 5.73 Å². The van der Waals surface area contributed by atoms with Crippen molar-refractivity contribution in [3.8, 4) is 0 Å². The van der Waals surface area contributed by atoms with Gasteiger partial charge in [0.05, 0.1) is 0 Å². The molecule has 0 aromatic heterocycles. The fraction of sp³-hybridized carbons (Fsp3) is 1.00. The lowest BCUT2D eigenvalue weighted by molar-refractivity contribution is 0.00526. The van der Waals surface area contributed by atoms with Crippen molar-refractivity contribution < 1.29 is 0 Å². The second-order valence-corrected chi connectivity index (χ2v) is 5.55. The fourth-order valence-electron chi connectivity index (χ4n) is 3.14. The lowest BCUT2D eigenvalue weighted by atomic mass is 9.56. The molecule has 0 aromatic rings. The highest BCUT2D eigenvalue weighted by Crippen LogP contribution is 2.49. The Bertz CT molecular complexity index is 162. The highest BCUT2D eigenvalue weighted by atomic mass is 14.7. The molecule has 0 heterocycles. The molecule has 0 aliphatic heterocycles. The summed E-state index contributed by atoms with van der Waals surface area (Å²) >= 11 is 0. The molecule has 2 N–H and O–H groups in total. The average Bonchev–Trinajstić information content (AvgIpc) is 1.99. The lowest BCUT2D eigenvalue weighted by Crippen LogP contribution is -2.47. The smallest absolute Gasteiger partial charge is 0.00443 e.